The lowest BCUT2D eigenvalue weighted by Crippen LogP contribution is -2.54. The van der Waals surface area contributed by atoms with E-state index in [1.165, 1.54) is 10.5 Å². The van der Waals surface area contributed by atoms with Gasteiger partial charge in [-0.2, -0.15) is 0 Å². The molecule has 3 rings (SSSR count). The molecule has 0 spiro atoms. The molecule has 1 aromatic rings. The lowest BCUT2D eigenvalue weighted by molar-refractivity contribution is -0.140. The second-order valence-electron chi connectivity index (χ2n) is 10.0. The van der Waals surface area contributed by atoms with E-state index in [0.717, 1.165) is 17.7 Å². The van der Waals surface area contributed by atoms with Crippen LogP contribution >= 0.6 is 0 Å². The Hall–Kier alpha value is -3.13. The van der Waals surface area contributed by atoms with E-state index in [-0.39, 0.29) is 24.9 Å². The molecule has 34 heavy (non-hydrogen) atoms. The number of nitrogens with one attached hydrogen (secondary N) is 1. The molecule has 1 aromatic carbocycles. The third-order valence-electron chi connectivity index (χ3n) is 6.43. The molecular formula is C26H37N5O3. The molecule has 8 nitrogen and oxygen atoms in total. The van der Waals surface area contributed by atoms with Crippen LogP contribution in [0.3, 0.4) is 0 Å². The molecule has 2 amide bonds. The van der Waals surface area contributed by atoms with Gasteiger partial charge in [-0.05, 0) is 36.5 Å². The van der Waals surface area contributed by atoms with Crippen molar-refractivity contribution in [1.82, 2.24) is 4.90 Å². The number of nitrogens with zero attached hydrogens (tertiary/aromatic N) is 2. The summed E-state index contributed by atoms with van der Waals surface area (Å²) in [4.78, 5) is 31.7. The first kappa shape index (κ1) is 25.5. The molecular weight excluding hydrogens is 430 g/mol. The highest BCUT2D eigenvalue weighted by atomic mass is 16.5. The number of para-hydroxylation sites is 1. The van der Waals surface area contributed by atoms with Crippen LogP contribution in [-0.4, -0.2) is 60.4 Å². The Morgan fingerprint density at radius 2 is 1.97 bits per heavy atom. The van der Waals surface area contributed by atoms with Gasteiger partial charge in [-0.3, -0.25) is 9.59 Å². The minimum Gasteiger partial charge on any atom is -0.472 e. The van der Waals surface area contributed by atoms with Crippen molar-refractivity contribution in [2.24, 2.45) is 21.9 Å². The van der Waals surface area contributed by atoms with E-state index >= 15 is 0 Å². The second kappa shape index (κ2) is 10.4. The third-order valence-corrected chi connectivity index (χ3v) is 6.43. The van der Waals surface area contributed by atoms with Crippen LogP contribution in [0.1, 0.15) is 46.1 Å². The highest BCUT2D eigenvalue weighted by Gasteiger charge is 2.43. The lowest BCUT2D eigenvalue weighted by Gasteiger charge is -2.32. The summed E-state index contributed by atoms with van der Waals surface area (Å²) < 4.78 is 6.42. The van der Waals surface area contributed by atoms with Crippen molar-refractivity contribution in [1.29, 1.82) is 0 Å². The molecule has 0 saturated carbocycles. The average molecular weight is 468 g/mol. The fourth-order valence-corrected chi connectivity index (χ4v) is 4.19. The number of anilines is 1. The van der Waals surface area contributed by atoms with Gasteiger partial charge in [-0.25, -0.2) is 4.99 Å². The number of primary amides is 1. The number of rotatable bonds is 7. The Morgan fingerprint density at radius 3 is 2.56 bits per heavy atom. The number of aliphatic imine (C=N–C) groups is 1. The molecule has 1 aliphatic carbocycles. The van der Waals surface area contributed by atoms with Gasteiger partial charge in [0.1, 0.15) is 12.1 Å². The summed E-state index contributed by atoms with van der Waals surface area (Å²) in [7, 11) is 1.84. The van der Waals surface area contributed by atoms with Crippen molar-refractivity contribution in [3.8, 4) is 0 Å². The van der Waals surface area contributed by atoms with Crippen molar-refractivity contribution >= 4 is 23.4 Å². The number of hydrogen-bond acceptors (Lipinski definition) is 6. The average Bonchev–Trinajstić information content (AvgIpc) is 3.47. The summed E-state index contributed by atoms with van der Waals surface area (Å²) in [6.07, 6.45) is 6.89. The maximum absolute atomic E-state index is 13.1. The summed E-state index contributed by atoms with van der Waals surface area (Å²) in [5.41, 5.74) is 14.3. The molecule has 1 heterocycles. The smallest absolute Gasteiger partial charge is 0.240 e. The fraction of sp³-hybridized carbons (Fsp3) is 0.500. The van der Waals surface area contributed by atoms with E-state index in [9.17, 15) is 9.59 Å². The number of carbonyl (C=O) groups excluding carboxylic acids is 2. The lowest BCUT2D eigenvalue weighted by atomic mass is 9.86. The van der Waals surface area contributed by atoms with Gasteiger partial charge in [0.15, 0.2) is 0 Å². The minimum absolute atomic E-state index is 0.0877. The molecule has 4 atom stereocenters. The maximum atomic E-state index is 13.1. The van der Waals surface area contributed by atoms with E-state index < -0.39 is 29.5 Å². The summed E-state index contributed by atoms with van der Waals surface area (Å²) in [6, 6.07) is 6.14. The quantitative estimate of drug-likeness (QED) is 0.420. The molecule has 1 aliphatic heterocycles. The predicted octanol–water partition coefficient (Wildman–Crippen LogP) is 2.59. The number of carbonyl (C=O) groups is 2. The number of benzene rings is 1. The van der Waals surface area contributed by atoms with Crippen LogP contribution < -0.4 is 16.8 Å². The first-order valence-corrected chi connectivity index (χ1v) is 11.8. The molecule has 0 bridgehead atoms. The van der Waals surface area contributed by atoms with Crippen molar-refractivity contribution in [3.63, 3.8) is 0 Å². The van der Waals surface area contributed by atoms with Crippen molar-refractivity contribution in [2.45, 2.75) is 64.8 Å². The number of amides is 2. The van der Waals surface area contributed by atoms with Crippen LogP contribution in [0, 0.1) is 5.41 Å². The van der Waals surface area contributed by atoms with Crippen molar-refractivity contribution in [2.75, 3.05) is 18.9 Å². The van der Waals surface area contributed by atoms with Gasteiger partial charge in [0.2, 0.25) is 17.7 Å². The second-order valence-corrected chi connectivity index (χ2v) is 10.0. The van der Waals surface area contributed by atoms with E-state index in [1.54, 1.807) is 0 Å². The summed E-state index contributed by atoms with van der Waals surface area (Å²) in [5, 5.41) is 3.19. The predicted molar refractivity (Wildman–Crippen MR) is 135 cm³/mol. The van der Waals surface area contributed by atoms with E-state index in [1.807, 2.05) is 65.1 Å². The molecule has 8 heteroatoms. The largest absolute Gasteiger partial charge is 0.472 e. The van der Waals surface area contributed by atoms with Gasteiger partial charge >= 0.3 is 0 Å². The highest BCUT2D eigenvalue weighted by molar-refractivity contribution is 6.00. The van der Waals surface area contributed by atoms with Gasteiger partial charge < -0.3 is 26.4 Å². The Morgan fingerprint density at radius 1 is 1.26 bits per heavy atom. The van der Waals surface area contributed by atoms with Gasteiger partial charge in [-0.15, -0.1) is 0 Å². The van der Waals surface area contributed by atoms with Gasteiger partial charge in [0, 0.05) is 19.2 Å². The third kappa shape index (κ3) is 5.67. The normalized spacial score (nSPS) is 22.4. The first-order valence-electron chi connectivity index (χ1n) is 11.8. The van der Waals surface area contributed by atoms with Crippen LogP contribution in [-0.2, 0) is 14.3 Å². The fourth-order valence-electron chi connectivity index (χ4n) is 4.19. The van der Waals surface area contributed by atoms with Crippen molar-refractivity contribution in [3.05, 3.63) is 53.6 Å². The highest BCUT2D eigenvalue weighted by Crippen LogP contribution is 2.28. The topological polar surface area (TPSA) is 123 Å². The van der Waals surface area contributed by atoms with Crippen LogP contribution in [0.25, 0.3) is 0 Å². The van der Waals surface area contributed by atoms with E-state index in [2.05, 4.69) is 17.5 Å². The van der Waals surface area contributed by atoms with E-state index in [0.29, 0.717) is 5.90 Å². The molecule has 0 aromatic heterocycles. The molecule has 5 N–H and O–H groups in total. The van der Waals surface area contributed by atoms with Gasteiger partial charge in [-0.1, -0.05) is 51.1 Å². The number of nitrogens with two attached hydrogens (primary N) is 2. The van der Waals surface area contributed by atoms with Gasteiger partial charge in [0.25, 0.3) is 0 Å². The SMILES string of the molecule is CNc1ccccc1C(=N[C@H](C)C1=CC=CC1)O[C@@H]1C[C@@H](C(N)=O)N(C(=O)[C@@H](N)C(C)(C)C)C1. The zero-order valence-corrected chi connectivity index (χ0v) is 20.7. The molecule has 184 valence electrons. The molecule has 1 fully saturated rings. The summed E-state index contributed by atoms with van der Waals surface area (Å²) in [5.74, 6) is -0.398. The molecule has 1 saturated heterocycles. The minimum atomic E-state index is -0.772. The van der Waals surface area contributed by atoms with Gasteiger partial charge in [0.05, 0.1) is 24.2 Å². The number of hydrogen-bond donors (Lipinski definition) is 3. The summed E-state index contributed by atoms with van der Waals surface area (Å²) in [6.45, 7) is 7.93. The Bertz CT molecular complexity index is 1010. The summed E-state index contributed by atoms with van der Waals surface area (Å²) >= 11 is 0. The maximum Gasteiger partial charge on any atom is 0.240 e. The zero-order valence-electron chi connectivity index (χ0n) is 20.7. The molecule has 0 unspecified atom stereocenters. The number of ether oxygens (including phenoxy) is 1. The molecule has 0 radical (unpaired) electrons. The Balaban J connectivity index is 1.90. The van der Waals surface area contributed by atoms with Crippen LogP contribution in [0.15, 0.2) is 53.1 Å². The first-order chi connectivity index (χ1) is 16.0. The van der Waals surface area contributed by atoms with Crippen LogP contribution in [0.4, 0.5) is 5.69 Å². The van der Waals surface area contributed by atoms with Crippen LogP contribution in [0.5, 0.6) is 0 Å². The Labute approximate surface area is 202 Å². The molecule has 2 aliphatic rings. The Kier molecular flexibility index (Phi) is 7.82. The van der Waals surface area contributed by atoms with Crippen molar-refractivity contribution < 1.29 is 14.3 Å². The van der Waals surface area contributed by atoms with E-state index in [4.69, 9.17) is 21.2 Å². The van der Waals surface area contributed by atoms with Crippen LogP contribution in [0.2, 0.25) is 0 Å². The standard InChI is InChI=1S/C26H37N5O3/c1-16(17-10-6-7-11-17)30-24(19-12-8-9-13-20(19)29-5)34-18-14-21(23(28)32)31(15-18)25(33)22(27)26(2,3)4/h6-10,12-13,16,18,21-22,29H,11,14-15,27H2,1-5H3,(H2,28,32)/t16-,18-,21+,22-/m1/s1. The monoisotopic (exact) mass is 467 g/mol. The number of likely N-dealkylation sites (tertiary alicyclic amines) is 1. The number of allylic oxidation sites excluding steroid dienone is 3. The zero-order chi connectivity index (χ0) is 25.0.